The molecule has 0 saturated carbocycles. The van der Waals surface area contributed by atoms with Crippen LogP contribution in [0.5, 0.6) is 0 Å². The number of thioether (sulfide) groups is 1. The molecule has 0 atom stereocenters. The van der Waals surface area contributed by atoms with E-state index in [1.165, 1.54) is 0 Å². The van der Waals surface area contributed by atoms with Gasteiger partial charge in [0.2, 0.25) is 0 Å². The van der Waals surface area contributed by atoms with Gasteiger partial charge in [-0.15, -0.1) is 0 Å². The van der Waals surface area contributed by atoms with E-state index in [4.69, 9.17) is 0 Å². The lowest BCUT2D eigenvalue weighted by atomic mass is 10.4. The Hall–Kier alpha value is -0.420. The van der Waals surface area contributed by atoms with Gasteiger partial charge in [0.05, 0.1) is 0 Å². The first-order chi connectivity index (χ1) is 6.50. The summed E-state index contributed by atoms with van der Waals surface area (Å²) in [6.07, 6.45) is -4.30. The molecule has 0 fully saturated rings. The van der Waals surface area contributed by atoms with Gasteiger partial charge in [0.25, 0.3) is 0 Å². The molecule has 0 bridgehead atoms. The van der Waals surface area contributed by atoms with Gasteiger partial charge in [-0.1, -0.05) is 30.0 Å². The van der Waals surface area contributed by atoms with Crippen LogP contribution >= 0.6 is 27.7 Å². The average molecular weight is 283 g/mol. The van der Waals surface area contributed by atoms with Gasteiger partial charge >= 0.3 is 6.18 Å². The molecule has 0 aliphatic carbocycles. The van der Waals surface area contributed by atoms with Crippen LogP contribution < -0.4 is 0 Å². The molecule has 0 radical (unpaired) electrons. The summed E-state index contributed by atoms with van der Waals surface area (Å²) in [5.41, 5.74) is 0. The van der Waals surface area contributed by atoms with Crippen molar-refractivity contribution in [3.05, 3.63) is 40.2 Å². The molecule has 0 spiro atoms. The smallest absolute Gasteiger partial charge is 0.166 e. The van der Waals surface area contributed by atoms with Gasteiger partial charge in [0.1, 0.15) is 4.48 Å². The highest BCUT2D eigenvalue weighted by molar-refractivity contribution is 9.11. The highest BCUT2D eigenvalue weighted by atomic mass is 79.9. The van der Waals surface area contributed by atoms with Crippen molar-refractivity contribution in [1.29, 1.82) is 0 Å². The lowest BCUT2D eigenvalue weighted by Crippen LogP contribution is -2.05. The molecule has 0 nitrogen and oxygen atoms in total. The SMILES string of the molecule is FC(F)(F)/C(Br)=C/Sc1ccccc1. The average Bonchev–Trinajstić information content (AvgIpc) is 2.14. The molecule has 0 saturated heterocycles. The van der Waals surface area contributed by atoms with Crippen LogP contribution in [0.3, 0.4) is 0 Å². The number of benzene rings is 1. The molecule has 1 rings (SSSR count). The molecule has 0 aromatic heterocycles. The van der Waals surface area contributed by atoms with E-state index in [0.29, 0.717) is 0 Å². The van der Waals surface area contributed by atoms with E-state index in [2.05, 4.69) is 15.9 Å². The van der Waals surface area contributed by atoms with Crippen LogP contribution in [0.15, 0.2) is 45.1 Å². The van der Waals surface area contributed by atoms with Gasteiger partial charge in [-0.05, 0) is 33.5 Å². The molecular weight excluding hydrogens is 277 g/mol. The van der Waals surface area contributed by atoms with E-state index < -0.39 is 10.7 Å². The second-order valence-electron chi connectivity index (χ2n) is 2.39. The van der Waals surface area contributed by atoms with E-state index >= 15 is 0 Å². The Balaban J connectivity index is 2.65. The number of rotatable bonds is 2. The van der Waals surface area contributed by atoms with Crippen molar-refractivity contribution in [2.45, 2.75) is 11.1 Å². The quantitative estimate of drug-likeness (QED) is 0.716. The third-order valence-electron chi connectivity index (χ3n) is 1.31. The zero-order valence-electron chi connectivity index (χ0n) is 6.88. The van der Waals surface area contributed by atoms with Crippen LogP contribution in [0.2, 0.25) is 0 Å². The topological polar surface area (TPSA) is 0 Å². The second kappa shape index (κ2) is 4.89. The van der Waals surface area contributed by atoms with Crippen LogP contribution in [-0.2, 0) is 0 Å². The third-order valence-corrected chi connectivity index (χ3v) is 3.19. The molecule has 14 heavy (non-hydrogen) atoms. The van der Waals surface area contributed by atoms with Gasteiger partial charge in [-0.3, -0.25) is 0 Å². The van der Waals surface area contributed by atoms with Gasteiger partial charge in [-0.2, -0.15) is 13.2 Å². The maximum atomic E-state index is 12.0. The summed E-state index contributed by atoms with van der Waals surface area (Å²) >= 11 is 3.50. The molecule has 0 N–H and O–H groups in total. The summed E-state index contributed by atoms with van der Waals surface area (Å²) in [7, 11) is 0. The maximum Gasteiger partial charge on any atom is 0.423 e. The summed E-state index contributed by atoms with van der Waals surface area (Å²) in [5, 5.41) is 1.04. The minimum atomic E-state index is -4.30. The standard InChI is InChI=1S/C9H6BrF3S/c10-8(9(11,12)13)6-14-7-4-2-1-3-5-7/h1-6H/b8-6-. The van der Waals surface area contributed by atoms with Gasteiger partial charge in [0, 0.05) is 4.90 Å². The number of hydrogen-bond acceptors (Lipinski definition) is 1. The Morgan fingerprint density at radius 2 is 1.79 bits per heavy atom. The highest BCUT2D eigenvalue weighted by Gasteiger charge is 2.31. The van der Waals surface area contributed by atoms with Crippen molar-refractivity contribution < 1.29 is 13.2 Å². The molecule has 0 unspecified atom stereocenters. The lowest BCUT2D eigenvalue weighted by molar-refractivity contribution is -0.0826. The van der Waals surface area contributed by atoms with Crippen molar-refractivity contribution in [1.82, 2.24) is 0 Å². The fourth-order valence-electron chi connectivity index (χ4n) is 0.686. The second-order valence-corrected chi connectivity index (χ2v) is 4.19. The van der Waals surface area contributed by atoms with Crippen LogP contribution in [-0.4, -0.2) is 6.18 Å². The van der Waals surface area contributed by atoms with Crippen LogP contribution in [0, 0.1) is 0 Å². The predicted octanol–water partition coefficient (Wildman–Crippen LogP) is 4.58. The first-order valence-electron chi connectivity index (χ1n) is 3.65. The fraction of sp³-hybridized carbons (Fsp3) is 0.111. The van der Waals surface area contributed by atoms with E-state index in [-0.39, 0.29) is 0 Å². The molecule has 0 amide bonds. The minimum absolute atomic E-state index is 0.765. The predicted molar refractivity (Wildman–Crippen MR) is 55.4 cm³/mol. The largest absolute Gasteiger partial charge is 0.423 e. The first kappa shape index (κ1) is 11.7. The Kier molecular flexibility index (Phi) is 4.07. The minimum Gasteiger partial charge on any atom is -0.166 e. The highest BCUT2D eigenvalue weighted by Crippen LogP contribution is 2.33. The van der Waals surface area contributed by atoms with Gasteiger partial charge in [-0.25, -0.2) is 0 Å². The summed E-state index contributed by atoms with van der Waals surface area (Å²) in [6, 6.07) is 8.86. The van der Waals surface area contributed by atoms with E-state index in [9.17, 15) is 13.2 Å². The lowest BCUT2D eigenvalue weighted by Gasteiger charge is -2.03. The zero-order valence-corrected chi connectivity index (χ0v) is 9.29. The summed E-state index contributed by atoms with van der Waals surface area (Å²) in [4.78, 5) is 0.772. The number of alkyl halides is 3. The van der Waals surface area contributed by atoms with E-state index in [0.717, 1.165) is 22.1 Å². The molecule has 1 aromatic rings. The molecule has 5 heteroatoms. The van der Waals surface area contributed by atoms with Crippen LogP contribution in [0.4, 0.5) is 13.2 Å². The van der Waals surface area contributed by atoms with Crippen molar-refractivity contribution in [3.8, 4) is 0 Å². The summed E-state index contributed by atoms with van der Waals surface area (Å²) < 4.78 is 35.3. The molecular formula is C9H6BrF3S. The number of hydrogen-bond donors (Lipinski definition) is 0. The molecule has 1 aromatic carbocycles. The van der Waals surface area contributed by atoms with E-state index in [1.54, 1.807) is 24.3 Å². The molecule has 0 aliphatic heterocycles. The Morgan fingerprint density at radius 3 is 2.29 bits per heavy atom. The Bertz CT molecular complexity index is 319. The third kappa shape index (κ3) is 3.75. The number of halogens is 4. The fourth-order valence-corrected chi connectivity index (χ4v) is 1.65. The van der Waals surface area contributed by atoms with Crippen LogP contribution in [0.25, 0.3) is 0 Å². The van der Waals surface area contributed by atoms with Gasteiger partial charge < -0.3 is 0 Å². The molecule has 0 aliphatic rings. The van der Waals surface area contributed by atoms with Crippen molar-refractivity contribution >= 4 is 27.7 Å². The number of allylic oxidation sites excluding steroid dienone is 1. The Labute approximate surface area is 92.3 Å². The van der Waals surface area contributed by atoms with Crippen molar-refractivity contribution in [2.24, 2.45) is 0 Å². The normalized spacial score (nSPS) is 13.0. The Morgan fingerprint density at radius 1 is 1.21 bits per heavy atom. The van der Waals surface area contributed by atoms with Gasteiger partial charge in [0.15, 0.2) is 0 Å². The van der Waals surface area contributed by atoms with E-state index in [1.807, 2.05) is 6.07 Å². The first-order valence-corrected chi connectivity index (χ1v) is 5.32. The zero-order chi connectivity index (χ0) is 10.6. The van der Waals surface area contributed by atoms with Crippen molar-refractivity contribution in [3.63, 3.8) is 0 Å². The molecule has 76 valence electrons. The monoisotopic (exact) mass is 282 g/mol. The maximum absolute atomic E-state index is 12.0. The summed E-state index contributed by atoms with van der Waals surface area (Å²) in [6.45, 7) is 0. The molecule has 0 heterocycles. The summed E-state index contributed by atoms with van der Waals surface area (Å²) in [5.74, 6) is 0. The van der Waals surface area contributed by atoms with Crippen molar-refractivity contribution in [2.75, 3.05) is 0 Å². The van der Waals surface area contributed by atoms with Crippen LogP contribution in [0.1, 0.15) is 0 Å².